The van der Waals surface area contributed by atoms with Crippen molar-refractivity contribution in [2.45, 2.75) is 143 Å². The minimum absolute atomic E-state index is 0.556. The van der Waals surface area contributed by atoms with Crippen LogP contribution in [0.5, 0.6) is 0 Å². The Hall–Kier alpha value is 0. The molecular formula is C31H54. The Balaban J connectivity index is 1.70. The van der Waals surface area contributed by atoms with Crippen LogP contribution >= 0.6 is 0 Å². The van der Waals surface area contributed by atoms with Gasteiger partial charge in [0, 0.05) is 0 Å². The Labute approximate surface area is 195 Å². The standard InChI is InChI=1S/C31H54/c1-23-24(2)31(27-19-11-12-20-27,28-21-13-14-22-28)30(4,26-17-9-6-10-18-26)29(23,3)25-15-7-5-8-16-25/h23-28H,5-22H2,1-4H3. The zero-order valence-corrected chi connectivity index (χ0v) is 21.7. The van der Waals surface area contributed by atoms with Gasteiger partial charge in [0.15, 0.2) is 0 Å². The lowest BCUT2D eigenvalue weighted by Crippen LogP contribution is -2.59. The van der Waals surface area contributed by atoms with Crippen molar-refractivity contribution >= 4 is 0 Å². The SMILES string of the molecule is CC1C(C)C(C2CCCC2)(C2CCCC2)C(C)(C2CCCCC2)C1(C)C1CCCCC1. The van der Waals surface area contributed by atoms with Crippen LogP contribution in [0.1, 0.15) is 143 Å². The fourth-order valence-corrected chi connectivity index (χ4v) is 12.0. The van der Waals surface area contributed by atoms with Crippen molar-refractivity contribution < 1.29 is 0 Å². The van der Waals surface area contributed by atoms with Crippen LogP contribution in [0.3, 0.4) is 0 Å². The molecule has 5 fully saturated rings. The van der Waals surface area contributed by atoms with E-state index in [0.29, 0.717) is 16.2 Å². The summed E-state index contributed by atoms with van der Waals surface area (Å²) in [6.07, 6.45) is 27.7. The molecule has 0 heteroatoms. The largest absolute Gasteiger partial charge is 0.0617 e. The van der Waals surface area contributed by atoms with Crippen molar-refractivity contribution in [3.8, 4) is 0 Å². The predicted molar refractivity (Wildman–Crippen MR) is 134 cm³/mol. The molecule has 5 saturated carbocycles. The van der Waals surface area contributed by atoms with Crippen LogP contribution in [-0.4, -0.2) is 0 Å². The van der Waals surface area contributed by atoms with E-state index in [0.717, 1.165) is 35.5 Å². The van der Waals surface area contributed by atoms with Crippen molar-refractivity contribution in [2.24, 2.45) is 51.8 Å². The average molecular weight is 427 g/mol. The molecule has 31 heavy (non-hydrogen) atoms. The number of hydrogen-bond acceptors (Lipinski definition) is 0. The second-order valence-electron chi connectivity index (χ2n) is 13.6. The molecule has 0 spiro atoms. The van der Waals surface area contributed by atoms with Crippen molar-refractivity contribution in [2.75, 3.05) is 0 Å². The Morgan fingerprint density at radius 1 is 0.419 bits per heavy atom. The average Bonchev–Trinajstić information content (AvgIpc) is 3.56. The molecular weight excluding hydrogens is 372 g/mol. The van der Waals surface area contributed by atoms with Crippen LogP contribution in [0, 0.1) is 51.8 Å². The van der Waals surface area contributed by atoms with Gasteiger partial charge < -0.3 is 0 Å². The van der Waals surface area contributed by atoms with Gasteiger partial charge in [-0.05, 0) is 103 Å². The van der Waals surface area contributed by atoms with Crippen LogP contribution in [-0.2, 0) is 0 Å². The lowest BCUT2D eigenvalue weighted by atomic mass is 9.40. The smallest absolute Gasteiger partial charge is 0.0151 e. The van der Waals surface area contributed by atoms with Crippen LogP contribution in [0.15, 0.2) is 0 Å². The maximum absolute atomic E-state index is 2.97. The lowest BCUT2D eigenvalue weighted by molar-refractivity contribution is -0.166. The molecule has 178 valence electrons. The molecule has 0 aromatic heterocycles. The van der Waals surface area contributed by atoms with Crippen molar-refractivity contribution in [3.63, 3.8) is 0 Å². The summed E-state index contributed by atoms with van der Waals surface area (Å²) < 4.78 is 0. The van der Waals surface area contributed by atoms with Crippen LogP contribution in [0.2, 0.25) is 0 Å². The van der Waals surface area contributed by atoms with E-state index in [1.165, 1.54) is 64.2 Å². The highest BCUT2D eigenvalue weighted by molar-refractivity contribution is 5.23. The van der Waals surface area contributed by atoms with Crippen molar-refractivity contribution in [1.82, 2.24) is 0 Å². The molecule has 0 aliphatic heterocycles. The summed E-state index contributed by atoms with van der Waals surface area (Å²) in [7, 11) is 0. The highest BCUT2D eigenvalue weighted by Crippen LogP contribution is 2.81. The Morgan fingerprint density at radius 2 is 0.774 bits per heavy atom. The van der Waals surface area contributed by atoms with Gasteiger partial charge in [0.25, 0.3) is 0 Å². The molecule has 0 N–H and O–H groups in total. The summed E-state index contributed by atoms with van der Waals surface area (Å²) in [5.74, 6) is 5.90. The fourth-order valence-electron chi connectivity index (χ4n) is 12.0. The number of hydrogen-bond donors (Lipinski definition) is 0. The quantitative estimate of drug-likeness (QED) is 0.419. The minimum atomic E-state index is 0.556. The molecule has 0 heterocycles. The van der Waals surface area contributed by atoms with E-state index in [-0.39, 0.29) is 0 Å². The van der Waals surface area contributed by atoms with E-state index in [1.54, 1.807) is 51.4 Å². The molecule has 0 aromatic rings. The van der Waals surface area contributed by atoms with Gasteiger partial charge >= 0.3 is 0 Å². The van der Waals surface area contributed by atoms with E-state index in [9.17, 15) is 0 Å². The van der Waals surface area contributed by atoms with Gasteiger partial charge in [0.2, 0.25) is 0 Å². The van der Waals surface area contributed by atoms with Crippen LogP contribution in [0.25, 0.3) is 0 Å². The van der Waals surface area contributed by atoms with E-state index in [4.69, 9.17) is 0 Å². The molecule has 0 bridgehead atoms. The third-order valence-electron chi connectivity index (χ3n) is 13.4. The molecule has 0 nitrogen and oxygen atoms in total. The summed E-state index contributed by atoms with van der Waals surface area (Å²) in [5, 5.41) is 0. The monoisotopic (exact) mass is 426 g/mol. The first-order valence-corrected chi connectivity index (χ1v) is 15.0. The number of rotatable bonds is 4. The first-order chi connectivity index (χ1) is 15.0. The summed E-state index contributed by atoms with van der Waals surface area (Å²) in [5.41, 5.74) is 1.75. The molecule has 0 radical (unpaired) electrons. The second kappa shape index (κ2) is 8.65. The summed E-state index contributed by atoms with van der Waals surface area (Å²) in [4.78, 5) is 0. The molecule has 5 rings (SSSR count). The maximum atomic E-state index is 2.97. The molecule has 5 aliphatic rings. The Bertz CT molecular complexity index is 580. The zero-order chi connectivity index (χ0) is 21.7. The Morgan fingerprint density at radius 3 is 1.23 bits per heavy atom. The van der Waals surface area contributed by atoms with Crippen LogP contribution in [0.4, 0.5) is 0 Å². The first kappa shape index (κ1) is 22.8. The van der Waals surface area contributed by atoms with Crippen molar-refractivity contribution in [1.29, 1.82) is 0 Å². The first-order valence-electron chi connectivity index (χ1n) is 15.0. The Kier molecular flexibility index (Phi) is 6.36. The van der Waals surface area contributed by atoms with Gasteiger partial charge in [-0.2, -0.15) is 0 Å². The maximum Gasteiger partial charge on any atom is -0.0151 e. The fraction of sp³-hybridized carbons (Fsp3) is 1.00. The van der Waals surface area contributed by atoms with Gasteiger partial charge in [0.1, 0.15) is 0 Å². The van der Waals surface area contributed by atoms with Gasteiger partial charge in [-0.1, -0.05) is 91.9 Å². The molecule has 5 aliphatic carbocycles. The van der Waals surface area contributed by atoms with Gasteiger partial charge in [-0.3, -0.25) is 0 Å². The lowest BCUT2D eigenvalue weighted by Gasteiger charge is -2.64. The predicted octanol–water partition coefficient (Wildman–Crippen LogP) is 9.81. The van der Waals surface area contributed by atoms with E-state index in [2.05, 4.69) is 27.7 Å². The minimum Gasteiger partial charge on any atom is -0.0617 e. The molecule has 0 saturated heterocycles. The topological polar surface area (TPSA) is 0 Å². The normalized spacial score (nSPS) is 43.7. The third kappa shape index (κ3) is 3.04. The summed E-state index contributed by atoms with van der Waals surface area (Å²) in [6, 6.07) is 0. The van der Waals surface area contributed by atoms with Crippen LogP contribution < -0.4 is 0 Å². The zero-order valence-electron chi connectivity index (χ0n) is 21.7. The van der Waals surface area contributed by atoms with Gasteiger partial charge in [-0.15, -0.1) is 0 Å². The highest BCUT2D eigenvalue weighted by atomic mass is 14.8. The molecule has 4 atom stereocenters. The van der Waals surface area contributed by atoms with E-state index in [1.807, 2.05) is 0 Å². The summed E-state index contributed by atoms with van der Waals surface area (Å²) >= 11 is 0. The van der Waals surface area contributed by atoms with Crippen molar-refractivity contribution in [3.05, 3.63) is 0 Å². The third-order valence-corrected chi connectivity index (χ3v) is 13.4. The van der Waals surface area contributed by atoms with E-state index >= 15 is 0 Å². The molecule has 0 aromatic carbocycles. The second-order valence-corrected chi connectivity index (χ2v) is 13.6. The summed E-state index contributed by atoms with van der Waals surface area (Å²) in [6.45, 7) is 11.4. The molecule has 0 amide bonds. The van der Waals surface area contributed by atoms with Gasteiger partial charge in [0.05, 0.1) is 0 Å². The highest BCUT2D eigenvalue weighted by Gasteiger charge is 2.75. The molecule has 4 unspecified atom stereocenters. The van der Waals surface area contributed by atoms with Gasteiger partial charge in [-0.25, -0.2) is 0 Å². The van der Waals surface area contributed by atoms with E-state index < -0.39 is 0 Å².